The van der Waals surface area contributed by atoms with Gasteiger partial charge in [-0.2, -0.15) is 0 Å². The normalized spacial score (nSPS) is 10.4. The lowest BCUT2D eigenvalue weighted by atomic mass is 10.0. The minimum absolute atomic E-state index is 0.0554. The number of hydrogen-bond acceptors (Lipinski definition) is 2. The molecular weight excluding hydrogens is 248 g/mol. The van der Waals surface area contributed by atoms with Crippen molar-refractivity contribution in [1.29, 1.82) is 0 Å². The molecule has 1 aromatic rings. The molecule has 2 nitrogen and oxygen atoms in total. The van der Waals surface area contributed by atoms with Gasteiger partial charge >= 0.3 is 0 Å². The third kappa shape index (κ3) is 7.22. The average molecular weight is 274 g/mol. The molecule has 0 bridgehead atoms. The van der Waals surface area contributed by atoms with Crippen molar-refractivity contribution in [3.8, 4) is 0 Å². The maximum Gasteiger partial charge on any atom is 0.170 e. The lowest BCUT2D eigenvalue weighted by molar-refractivity contribution is -0.118. The second kappa shape index (κ2) is 10.4. The van der Waals surface area contributed by atoms with Gasteiger partial charge in [-0.05, 0) is 6.42 Å². The van der Waals surface area contributed by atoms with Crippen LogP contribution in [0.5, 0.6) is 0 Å². The number of unbranched alkanes of at least 4 members (excludes halogenated alkanes) is 6. The van der Waals surface area contributed by atoms with E-state index in [9.17, 15) is 9.59 Å². The van der Waals surface area contributed by atoms with Crippen molar-refractivity contribution in [2.24, 2.45) is 0 Å². The minimum atomic E-state index is -0.0569. The Bertz CT molecular complexity index is 395. The van der Waals surface area contributed by atoms with E-state index in [-0.39, 0.29) is 18.0 Å². The standard InChI is InChI=1S/C18H26O2/c1-2-3-4-5-6-7-11-14-17(19)15-18(20)16-12-9-8-10-13-16/h8-10,12-13H,2-7,11,14-15H2,1H3. The summed E-state index contributed by atoms with van der Waals surface area (Å²) in [5, 5.41) is 0. The van der Waals surface area contributed by atoms with E-state index in [4.69, 9.17) is 0 Å². The number of hydrogen-bond donors (Lipinski definition) is 0. The maximum absolute atomic E-state index is 11.8. The van der Waals surface area contributed by atoms with E-state index >= 15 is 0 Å². The molecule has 110 valence electrons. The molecule has 0 aromatic heterocycles. The smallest absolute Gasteiger partial charge is 0.170 e. The summed E-state index contributed by atoms with van der Waals surface area (Å²) in [4.78, 5) is 23.6. The minimum Gasteiger partial charge on any atom is -0.299 e. The second-order valence-electron chi connectivity index (χ2n) is 5.38. The van der Waals surface area contributed by atoms with Crippen molar-refractivity contribution in [2.45, 2.75) is 64.7 Å². The maximum atomic E-state index is 11.8. The molecule has 0 amide bonds. The molecule has 0 aliphatic rings. The molecule has 0 radical (unpaired) electrons. The van der Waals surface area contributed by atoms with Crippen molar-refractivity contribution in [3.63, 3.8) is 0 Å². The Balaban J connectivity index is 2.10. The zero-order valence-corrected chi connectivity index (χ0v) is 12.6. The third-order valence-corrected chi connectivity index (χ3v) is 3.51. The van der Waals surface area contributed by atoms with Crippen LogP contribution in [0, 0.1) is 0 Å². The predicted octanol–water partition coefficient (Wildman–Crippen LogP) is 4.97. The van der Waals surface area contributed by atoms with E-state index in [1.807, 2.05) is 18.2 Å². The molecule has 0 unspecified atom stereocenters. The molecule has 0 fully saturated rings. The number of carbonyl (C=O) groups excluding carboxylic acids is 2. The summed E-state index contributed by atoms with van der Waals surface area (Å²) in [6.45, 7) is 2.21. The second-order valence-corrected chi connectivity index (χ2v) is 5.38. The first-order valence-electron chi connectivity index (χ1n) is 7.84. The molecule has 20 heavy (non-hydrogen) atoms. The number of rotatable bonds is 11. The van der Waals surface area contributed by atoms with E-state index in [1.54, 1.807) is 12.1 Å². The van der Waals surface area contributed by atoms with Crippen LogP contribution in [0.25, 0.3) is 0 Å². The summed E-state index contributed by atoms with van der Waals surface area (Å²) < 4.78 is 0. The van der Waals surface area contributed by atoms with Gasteiger partial charge in [-0.25, -0.2) is 0 Å². The highest BCUT2D eigenvalue weighted by molar-refractivity contribution is 6.07. The Kier molecular flexibility index (Phi) is 8.61. The summed E-state index contributed by atoms with van der Waals surface area (Å²) >= 11 is 0. The summed E-state index contributed by atoms with van der Waals surface area (Å²) in [5.74, 6) is 0.0194. The van der Waals surface area contributed by atoms with Crippen molar-refractivity contribution >= 4 is 11.6 Å². The van der Waals surface area contributed by atoms with E-state index < -0.39 is 0 Å². The van der Waals surface area contributed by atoms with Gasteiger partial charge in [0, 0.05) is 12.0 Å². The summed E-state index contributed by atoms with van der Waals surface area (Å²) in [6.07, 6.45) is 8.99. The zero-order chi connectivity index (χ0) is 14.6. The highest BCUT2D eigenvalue weighted by Gasteiger charge is 2.10. The van der Waals surface area contributed by atoms with Crippen LogP contribution < -0.4 is 0 Å². The summed E-state index contributed by atoms with van der Waals surface area (Å²) in [7, 11) is 0. The molecule has 2 heteroatoms. The van der Waals surface area contributed by atoms with Crippen molar-refractivity contribution < 1.29 is 9.59 Å². The monoisotopic (exact) mass is 274 g/mol. The first-order chi connectivity index (χ1) is 9.74. The first kappa shape index (κ1) is 16.6. The molecule has 0 aliphatic carbocycles. The van der Waals surface area contributed by atoms with E-state index in [2.05, 4.69) is 6.92 Å². The number of ketones is 2. The fourth-order valence-corrected chi connectivity index (χ4v) is 2.27. The van der Waals surface area contributed by atoms with Gasteiger partial charge in [-0.15, -0.1) is 0 Å². The SMILES string of the molecule is CCCCCCCCCC(=O)CC(=O)c1ccccc1. The van der Waals surface area contributed by atoms with Crippen LogP contribution in [0.1, 0.15) is 75.1 Å². The predicted molar refractivity (Wildman–Crippen MR) is 83.0 cm³/mol. The van der Waals surface area contributed by atoms with Crippen LogP contribution in [0.15, 0.2) is 30.3 Å². The fourth-order valence-electron chi connectivity index (χ4n) is 2.27. The van der Waals surface area contributed by atoms with Gasteiger partial charge in [-0.3, -0.25) is 9.59 Å². The Labute approximate surface area is 122 Å². The van der Waals surface area contributed by atoms with Gasteiger partial charge in [0.15, 0.2) is 5.78 Å². The Hall–Kier alpha value is -1.44. The third-order valence-electron chi connectivity index (χ3n) is 3.51. The molecule has 0 heterocycles. The topological polar surface area (TPSA) is 34.1 Å². The van der Waals surface area contributed by atoms with Crippen LogP contribution in [-0.2, 0) is 4.79 Å². The lowest BCUT2D eigenvalue weighted by Gasteiger charge is -2.02. The number of benzene rings is 1. The van der Waals surface area contributed by atoms with Gasteiger partial charge in [-0.1, -0.05) is 75.8 Å². The quantitative estimate of drug-likeness (QED) is 0.324. The van der Waals surface area contributed by atoms with Crippen LogP contribution in [0.2, 0.25) is 0 Å². The Morgan fingerprint density at radius 1 is 0.850 bits per heavy atom. The first-order valence-corrected chi connectivity index (χ1v) is 7.84. The van der Waals surface area contributed by atoms with Crippen molar-refractivity contribution in [2.75, 3.05) is 0 Å². The molecule has 0 aliphatic heterocycles. The highest BCUT2D eigenvalue weighted by atomic mass is 16.1. The largest absolute Gasteiger partial charge is 0.299 e. The van der Waals surface area contributed by atoms with E-state index in [0.717, 1.165) is 12.8 Å². The average Bonchev–Trinajstić information content (AvgIpc) is 2.47. The van der Waals surface area contributed by atoms with Crippen LogP contribution >= 0.6 is 0 Å². The van der Waals surface area contributed by atoms with Crippen LogP contribution in [0.4, 0.5) is 0 Å². The van der Waals surface area contributed by atoms with Crippen molar-refractivity contribution in [3.05, 3.63) is 35.9 Å². The Morgan fingerprint density at radius 3 is 2.10 bits per heavy atom. The van der Waals surface area contributed by atoms with Gasteiger partial charge < -0.3 is 0 Å². The van der Waals surface area contributed by atoms with Gasteiger partial charge in [0.2, 0.25) is 0 Å². The molecular formula is C18H26O2. The van der Waals surface area contributed by atoms with Gasteiger partial charge in [0.1, 0.15) is 5.78 Å². The summed E-state index contributed by atoms with van der Waals surface area (Å²) in [5.41, 5.74) is 0.639. The Morgan fingerprint density at radius 2 is 1.45 bits per heavy atom. The molecule has 1 aromatic carbocycles. The lowest BCUT2D eigenvalue weighted by Crippen LogP contribution is -2.07. The van der Waals surface area contributed by atoms with Crippen LogP contribution in [0.3, 0.4) is 0 Å². The van der Waals surface area contributed by atoms with E-state index in [1.165, 1.54) is 32.1 Å². The highest BCUT2D eigenvalue weighted by Crippen LogP contribution is 2.10. The molecule has 0 atom stereocenters. The molecule has 1 rings (SSSR count). The summed E-state index contributed by atoms with van der Waals surface area (Å²) in [6, 6.07) is 9.06. The molecule has 0 saturated heterocycles. The number of carbonyl (C=O) groups is 2. The molecule has 0 saturated carbocycles. The zero-order valence-electron chi connectivity index (χ0n) is 12.6. The van der Waals surface area contributed by atoms with Gasteiger partial charge in [0.05, 0.1) is 6.42 Å². The van der Waals surface area contributed by atoms with E-state index in [0.29, 0.717) is 12.0 Å². The number of Topliss-reactive ketones (excluding diaryl/α,β-unsaturated/α-hetero) is 2. The van der Waals surface area contributed by atoms with Gasteiger partial charge in [0.25, 0.3) is 0 Å². The fraction of sp³-hybridized carbons (Fsp3) is 0.556. The van der Waals surface area contributed by atoms with Crippen molar-refractivity contribution in [1.82, 2.24) is 0 Å². The molecule has 0 N–H and O–H groups in total. The molecule has 0 spiro atoms. The van der Waals surface area contributed by atoms with Crippen LogP contribution in [-0.4, -0.2) is 11.6 Å².